The van der Waals surface area contributed by atoms with Crippen LogP contribution in [0.4, 0.5) is 0 Å². The quantitative estimate of drug-likeness (QED) is 0.393. The van der Waals surface area contributed by atoms with E-state index in [4.69, 9.17) is 20.8 Å². The van der Waals surface area contributed by atoms with Crippen LogP contribution in [0, 0.1) is 0 Å². The molecule has 0 aliphatic carbocycles. The monoisotopic (exact) mass is 496 g/mol. The summed E-state index contributed by atoms with van der Waals surface area (Å²) in [5.74, 6) is 0.718. The molecule has 0 fully saturated rings. The highest BCUT2D eigenvalue weighted by atomic mass is 35.5. The molecule has 9 heteroatoms. The molecule has 1 aliphatic heterocycles. The number of methoxy groups -OCH3 is 1. The van der Waals surface area contributed by atoms with Crippen LogP contribution >= 0.6 is 34.3 Å². The average Bonchev–Trinajstić information content (AvgIpc) is 3.55. The minimum absolute atomic E-state index is 0.240. The summed E-state index contributed by atoms with van der Waals surface area (Å²) < 4.78 is 13.0. The van der Waals surface area contributed by atoms with E-state index in [2.05, 4.69) is 4.99 Å². The number of thiophene rings is 1. The third-order valence-corrected chi connectivity index (χ3v) is 7.43. The number of esters is 1. The maximum absolute atomic E-state index is 13.5. The minimum atomic E-state index is -0.586. The van der Waals surface area contributed by atoms with Crippen LogP contribution < -0.4 is 14.9 Å². The number of hydrogen-bond donors (Lipinski definition) is 0. The summed E-state index contributed by atoms with van der Waals surface area (Å²) >= 11 is 8.70. The summed E-state index contributed by atoms with van der Waals surface area (Å²) in [5.41, 5.74) is 1.55. The summed E-state index contributed by atoms with van der Waals surface area (Å²) in [6, 6.07) is 14.2. The number of aromatic nitrogens is 1. The van der Waals surface area contributed by atoms with Gasteiger partial charge in [-0.2, -0.15) is 0 Å². The molecule has 1 atom stereocenters. The lowest BCUT2D eigenvalue weighted by Crippen LogP contribution is -2.39. The molecule has 5 rings (SSSR count). The number of fused-ring (bicyclic) bond motifs is 1. The molecular formula is C24H17ClN2O4S2. The molecule has 4 heterocycles. The molecular weight excluding hydrogens is 480 g/mol. The first kappa shape index (κ1) is 21.6. The van der Waals surface area contributed by atoms with E-state index < -0.39 is 12.0 Å². The Labute approximate surface area is 201 Å². The smallest absolute Gasteiger partial charge is 0.338 e. The van der Waals surface area contributed by atoms with E-state index >= 15 is 0 Å². The van der Waals surface area contributed by atoms with E-state index in [-0.39, 0.29) is 5.56 Å². The van der Waals surface area contributed by atoms with Gasteiger partial charge in [-0.25, -0.2) is 9.79 Å². The molecule has 33 heavy (non-hydrogen) atoms. The van der Waals surface area contributed by atoms with E-state index in [9.17, 15) is 9.59 Å². The van der Waals surface area contributed by atoms with Gasteiger partial charge in [0.15, 0.2) is 4.80 Å². The van der Waals surface area contributed by atoms with Crippen LogP contribution in [0.25, 0.3) is 17.4 Å². The lowest BCUT2D eigenvalue weighted by molar-refractivity contribution is -0.136. The molecule has 0 amide bonds. The van der Waals surface area contributed by atoms with E-state index in [1.165, 1.54) is 29.8 Å². The Morgan fingerprint density at radius 3 is 2.70 bits per heavy atom. The third-order valence-electron chi connectivity index (χ3n) is 5.27. The highest BCUT2D eigenvalue weighted by molar-refractivity contribution is 7.10. The van der Waals surface area contributed by atoms with Gasteiger partial charge in [-0.05, 0) is 54.8 Å². The Morgan fingerprint density at radius 1 is 1.21 bits per heavy atom. The van der Waals surface area contributed by atoms with E-state index in [1.54, 1.807) is 29.7 Å². The molecule has 1 aromatic carbocycles. The van der Waals surface area contributed by atoms with Gasteiger partial charge in [-0.3, -0.25) is 9.36 Å². The van der Waals surface area contributed by atoms with E-state index in [0.29, 0.717) is 37.1 Å². The number of thiazole rings is 1. The summed E-state index contributed by atoms with van der Waals surface area (Å²) in [6.45, 7) is 1.76. The van der Waals surface area contributed by atoms with Crippen molar-refractivity contribution in [2.24, 2.45) is 4.99 Å². The third kappa shape index (κ3) is 3.90. The second-order valence-corrected chi connectivity index (χ2v) is 9.72. The van der Waals surface area contributed by atoms with Crippen molar-refractivity contribution in [1.82, 2.24) is 4.57 Å². The topological polar surface area (TPSA) is 73.8 Å². The van der Waals surface area contributed by atoms with Crippen molar-refractivity contribution in [3.05, 3.63) is 101 Å². The molecule has 1 unspecified atom stereocenters. The molecule has 0 N–H and O–H groups in total. The number of carbonyl (C=O) groups is 1. The normalized spacial score (nSPS) is 16.0. The lowest BCUT2D eigenvalue weighted by Gasteiger charge is -2.22. The lowest BCUT2D eigenvalue weighted by atomic mass is 10.0. The summed E-state index contributed by atoms with van der Waals surface area (Å²) in [6.07, 6.45) is 1.70. The largest absolute Gasteiger partial charge is 0.466 e. The van der Waals surface area contributed by atoms with Gasteiger partial charge >= 0.3 is 5.97 Å². The molecule has 4 aromatic rings. The minimum Gasteiger partial charge on any atom is -0.466 e. The SMILES string of the molecule is COC(=O)C1=C(C)N=c2s/c(=C/c3ccc(-c4ccc(Cl)cc4)o3)c(=O)n2C1c1cccs1. The summed E-state index contributed by atoms with van der Waals surface area (Å²) in [5, 5.41) is 2.56. The summed E-state index contributed by atoms with van der Waals surface area (Å²) in [7, 11) is 1.33. The Hall–Kier alpha value is -3.20. The zero-order valence-corrected chi connectivity index (χ0v) is 20.0. The Balaban J connectivity index is 1.62. The standard InChI is InChI=1S/C24H17ClN2O4S2/c1-13-20(23(29)30-2)21(18-4-3-11-32-18)27-22(28)19(33-24(27)26-13)12-16-9-10-17(31-16)14-5-7-15(25)8-6-14/h3-12,21H,1-2H3/b19-12+. The number of nitrogens with zero attached hydrogens (tertiary/aromatic N) is 2. The van der Waals surface area contributed by atoms with Crippen molar-refractivity contribution in [1.29, 1.82) is 0 Å². The van der Waals surface area contributed by atoms with Crippen molar-refractivity contribution in [2.45, 2.75) is 13.0 Å². The van der Waals surface area contributed by atoms with Gasteiger partial charge in [0.2, 0.25) is 0 Å². The first-order valence-corrected chi connectivity index (χ1v) is 12.0. The van der Waals surface area contributed by atoms with E-state index in [1.807, 2.05) is 41.8 Å². The number of furan rings is 1. The number of carbonyl (C=O) groups excluding carboxylic acids is 1. The Morgan fingerprint density at radius 2 is 2.00 bits per heavy atom. The van der Waals surface area contributed by atoms with Gasteiger partial charge in [0.25, 0.3) is 5.56 Å². The van der Waals surface area contributed by atoms with Crippen molar-refractivity contribution < 1.29 is 13.9 Å². The van der Waals surface area contributed by atoms with E-state index in [0.717, 1.165) is 10.4 Å². The maximum Gasteiger partial charge on any atom is 0.338 e. The highest BCUT2D eigenvalue weighted by Gasteiger charge is 2.33. The van der Waals surface area contributed by atoms with Crippen LogP contribution in [-0.2, 0) is 9.53 Å². The molecule has 6 nitrogen and oxygen atoms in total. The first-order valence-electron chi connectivity index (χ1n) is 9.96. The Bertz CT molecular complexity index is 1560. The number of benzene rings is 1. The van der Waals surface area contributed by atoms with Crippen LogP contribution in [0.3, 0.4) is 0 Å². The number of ether oxygens (including phenoxy) is 1. The summed E-state index contributed by atoms with van der Waals surface area (Å²) in [4.78, 5) is 32.0. The van der Waals surface area contributed by atoms with Gasteiger partial charge in [0.05, 0.1) is 22.9 Å². The van der Waals surface area contributed by atoms with Gasteiger partial charge in [-0.15, -0.1) is 11.3 Å². The maximum atomic E-state index is 13.5. The molecule has 166 valence electrons. The van der Waals surface area contributed by atoms with Gasteiger partial charge in [-0.1, -0.05) is 29.0 Å². The van der Waals surface area contributed by atoms with Crippen LogP contribution in [0.15, 0.2) is 79.4 Å². The second-order valence-electron chi connectivity index (χ2n) is 7.30. The molecule has 3 aromatic heterocycles. The molecule has 1 aliphatic rings. The van der Waals surface area contributed by atoms with Gasteiger partial charge in [0.1, 0.15) is 17.6 Å². The second kappa shape index (κ2) is 8.62. The fourth-order valence-electron chi connectivity index (χ4n) is 3.74. The van der Waals surface area contributed by atoms with Crippen LogP contribution in [-0.4, -0.2) is 17.6 Å². The average molecular weight is 497 g/mol. The van der Waals surface area contributed by atoms with Crippen LogP contribution in [0.5, 0.6) is 0 Å². The predicted octanol–water partition coefficient (Wildman–Crippen LogP) is 4.38. The fourth-order valence-corrected chi connectivity index (χ4v) is 5.71. The van der Waals surface area contributed by atoms with Crippen molar-refractivity contribution >= 4 is 46.3 Å². The van der Waals surface area contributed by atoms with Crippen LogP contribution in [0.2, 0.25) is 5.02 Å². The Kier molecular flexibility index (Phi) is 5.65. The van der Waals surface area contributed by atoms with Crippen molar-refractivity contribution in [2.75, 3.05) is 7.11 Å². The predicted molar refractivity (Wildman–Crippen MR) is 129 cm³/mol. The highest BCUT2D eigenvalue weighted by Crippen LogP contribution is 2.33. The number of rotatable bonds is 4. The zero-order valence-electron chi connectivity index (χ0n) is 17.6. The molecule has 0 spiro atoms. The molecule has 0 bridgehead atoms. The molecule has 0 saturated carbocycles. The van der Waals surface area contributed by atoms with Crippen molar-refractivity contribution in [3.63, 3.8) is 0 Å². The molecule has 0 radical (unpaired) electrons. The number of allylic oxidation sites excluding steroid dienone is 1. The number of hydrogen-bond acceptors (Lipinski definition) is 7. The van der Waals surface area contributed by atoms with Crippen LogP contribution in [0.1, 0.15) is 23.6 Å². The molecule has 0 saturated heterocycles. The van der Waals surface area contributed by atoms with Gasteiger partial charge in [0, 0.05) is 21.5 Å². The van der Waals surface area contributed by atoms with Crippen molar-refractivity contribution in [3.8, 4) is 11.3 Å². The first-order chi connectivity index (χ1) is 16.0. The zero-order chi connectivity index (χ0) is 23.1. The number of halogens is 1. The van der Waals surface area contributed by atoms with Gasteiger partial charge < -0.3 is 9.15 Å². The fraction of sp³-hybridized carbons (Fsp3) is 0.125.